The molecule has 0 unspecified atom stereocenters. The minimum absolute atomic E-state index is 0.00901. The molecule has 0 aliphatic carbocycles. The van der Waals surface area contributed by atoms with Gasteiger partial charge in [0, 0.05) is 10.0 Å². The number of rotatable bonds is 5. The van der Waals surface area contributed by atoms with Gasteiger partial charge < -0.3 is 9.47 Å². The quantitative estimate of drug-likeness (QED) is 0.646. The molecule has 2 aromatic rings. The molecule has 1 heterocycles. The zero-order valence-electron chi connectivity index (χ0n) is 10.4. The molecule has 0 bridgehead atoms. The Labute approximate surface area is 125 Å². The van der Waals surface area contributed by atoms with Crippen LogP contribution in [0.5, 0.6) is 17.8 Å². The highest BCUT2D eigenvalue weighted by Gasteiger charge is 2.09. The lowest BCUT2D eigenvalue weighted by Gasteiger charge is -2.08. The van der Waals surface area contributed by atoms with Crippen molar-refractivity contribution in [1.82, 2.24) is 15.0 Å². The van der Waals surface area contributed by atoms with Gasteiger partial charge in [0.25, 0.3) is 0 Å². The molecular formula is C11H11Cl2N5O2. The molecule has 0 fully saturated rings. The second kappa shape index (κ2) is 6.56. The van der Waals surface area contributed by atoms with Gasteiger partial charge >= 0.3 is 12.0 Å². The number of hydrogen-bond acceptors (Lipinski definition) is 7. The largest absolute Gasteiger partial charge is 0.464 e. The Morgan fingerprint density at radius 1 is 1.10 bits per heavy atom. The van der Waals surface area contributed by atoms with Gasteiger partial charge in [-0.25, -0.2) is 5.84 Å². The number of benzene rings is 1. The summed E-state index contributed by atoms with van der Waals surface area (Å²) in [6, 6.07) is 4.84. The van der Waals surface area contributed by atoms with Gasteiger partial charge in [-0.15, -0.1) is 4.98 Å². The summed E-state index contributed by atoms with van der Waals surface area (Å²) >= 11 is 11.8. The van der Waals surface area contributed by atoms with Crippen molar-refractivity contribution in [2.45, 2.75) is 6.92 Å². The monoisotopic (exact) mass is 315 g/mol. The Balaban J connectivity index is 2.29. The lowest BCUT2D eigenvalue weighted by molar-refractivity contribution is 0.304. The molecule has 2 rings (SSSR count). The Kier molecular flexibility index (Phi) is 4.78. The summed E-state index contributed by atoms with van der Waals surface area (Å²) in [5, 5.41) is 0.868. The molecule has 1 aromatic carbocycles. The van der Waals surface area contributed by atoms with E-state index in [-0.39, 0.29) is 18.0 Å². The lowest BCUT2D eigenvalue weighted by Crippen LogP contribution is -2.12. The summed E-state index contributed by atoms with van der Waals surface area (Å²) in [6.45, 7) is 2.20. The second-order valence-electron chi connectivity index (χ2n) is 3.51. The highest BCUT2D eigenvalue weighted by molar-refractivity contribution is 6.34. The van der Waals surface area contributed by atoms with Gasteiger partial charge in [-0.2, -0.15) is 9.97 Å². The first-order valence-electron chi connectivity index (χ1n) is 5.60. The van der Waals surface area contributed by atoms with E-state index in [0.29, 0.717) is 22.4 Å². The van der Waals surface area contributed by atoms with Crippen LogP contribution in [0.1, 0.15) is 6.92 Å². The van der Waals surface area contributed by atoms with Gasteiger partial charge in [0.05, 0.1) is 6.61 Å². The fraction of sp³-hybridized carbons (Fsp3) is 0.182. The molecule has 3 N–H and O–H groups in total. The van der Waals surface area contributed by atoms with E-state index < -0.39 is 0 Å². The van der Waals surface area contributed by atoms with Crippen molar-refractivity contribution < 1.29 is 9.47 Å². The Hall–Kier alpha value is -1.83. The van der Waals surface area contributed by atoms with Gasteiger partial charge in [0.15, 0.2) is 0 Å². The average molecular weight is 316 g/mol. The van der Waals surface area contributed by atoms with Crippen molar-refractivity contribution >= 4 is 29.2 Å². The molecule has 0 aliphatic rings. The normalized spacial score (nSPS) is 10.2. The van der Waals surface area contributed by atoms with E-state index in [1.165, 1.54) is 0 Å². The molecule has 0 saturated heterocycles. The zero-order valence-corrected chi connectivity index (χ0v) is 11.9. The molecule has 0 spiro atoms. The number of hydrazine groups is 1. The number of ether oxygens (including phenoxy) is 2. The lowest BCUT2D eigenvalue weighted by atomic mass is 10.3. The van der Waals surface area contributed by atoms with Crippen LogP contribution in [-0.4, -0.2) is 21.6 Å². The zero-order chi connectivity index (χ0) is 14.5. The molecule has 7 nitrogen and oxygen atoms in total. The maximum absolute atomic E-state index is 5.88. The van der Waals surface area contributed by atoms with Gasteiger partial charge in [0.2, 0.25) is 5.95 Å². The van der Waals surface area contributed by atoms with Crippen LogP contribution < -0.4 is 20.7 Å². The van der Waals surface area contributed by atoms with Crippen molar-refractivity contribution in [2.75, 3.05) is 12.0 Å². The van der Waals surface area contributed by atoms with Crippen LogP contribution in [0.3, 0.4) is 0 Å². The number of hydrogen-bond donors (Lipinski definition) is 2. The topological polar surface area (TPSA) is 95.2 Å². The molecule has 0 aliphatic heterocycles. The minimum atomic E-state index is 0.00901. The summed E-state index contributed by atoms with van der Waals surface area (Å²) in [5.41, 5.74) is 2.30. The first kappa shape index (κ1) is 14.6. The number of aromatic nitrogens is 3. The number of anilines is 1. The number of nitrogens with zero attached hydrogens (tertiary/aromatic N) is 3. The molecule has 106 valence electrons. The summed E-state index contributed by atoms with van der Waals surface area (Å²) in [5.74, 6) is 5.77. The van der Waals surface area contributed by atoms with Crippen LogP contribution in [0, 0.1) is 0 Å². The van der Waals surface area contributed by atoms with Gasteiger partial charge in [-0.3, -0.25) is 5.43 Å². The smallest absolute Gasteiger partial charge is 0.330 e. The number of nitrogen functional groups attached to an aromatic ring is 1. The van der Waals surface area contributed by atoms with Crippen molar-refractivity contribution in [1.29, 1.82) is 0 Å². The molecule has 1 aromatic heterocycles. The Morgan fingerprint density at radius 3 is 2.35 bits per heavy atom. The van der Waals surface area contributed by atoms with Crippen molar-refractivity contribution in [3.63, 3.8) is 0 Å². The first-order valence-corrected chi connectivity index (χ1v) is 6.35. The second-order valence-corrected chi connectivity index (χ2v) is 4.38. The predicted octanol–water partition coefficient (Wildman–Crippen LogP) is 2.66. The predicted molar refractivity (Wildman–Crippen MR) is 75.3 cm³/mol. The van der Waals surface area contributed by atoms with E-state index >= 15 is 0 Å². The minimum Gasteiger partial charge on any atom is -0.464 e. The Morgan fingerprint density at radius 2 is 1.75 bits per heavy atom. The van der Waals surface area contributed by atoms with Crippen LogP contribution in [0.2, 0.25) is 10.0 Å². The highest BCUT2D eigenvalue weighted by atomic mass is 35.5. The number of nitrogens with two attached hydrogens (primary N) is 1. The molecule has 0 atom stereocenters. The third-order valence-corrected chi connectivity index (χ3v) is 2.48. The molecule has 20 heavy (non-hydrogen) atoms. The van der Waals surface area contributed by atoms with E-state index in [9.17, 15) is 0 Å². The highest BCUT2D eigenvalue weighted by Crippen LogP contribution is 2.27. The van der Waals surface area contributed by atoms with E-state index in [1.54, 1.807) is 25.1 Å². The van der Waals surface area contributed by atoms with Gasteiger partial charge in [-0.05, 0) is 25.1 Å². The molecule has 9 heteroatoms. The fourth-order valence-electron chi connectivity index (χ4n) is 1.33. The summed E-state index contributed by atoms with van der Waals surface area (Å²) in [4.78, 5) is 11.8. The average Bonchev–Trinajstić information content (AvgIpc) is 2.37. The van der Waals surface area contributed by atoms with Crippen LogP contribution in [-0.2, 0) is 0 Å². The molecular weight excluding hydrogens is 305 g/mol. The van der Waals surface area contributed by atoms with E-state index in [2.05, 4.69) is 20.4 Å². The maximum Gasteiger partial charge on any atom is 0.330 e. The van der Waals surface area contributed by atoms with Crippen LogP contribution in [0.4, 0.5) is 5.95 Å². The van der Waals surface area contributed by atoms with Gasteiger partial charge in [-0.1, -0.05) is 23.2 Å². The first-order chi connectivity index (χ1) is 9.60. The van der Waals surface area contributed by atoms with E-state index in [4.69, 9.17) is 38.5 Å². The third-order valence-electron chi connectivity index (χ3n) is 2.04. The van der Waals surface area contributed by atoms with Gasteiger partial charge in [0.1, 0.15) is 5.75 Å². The molecule has 0 saturated carbocycles. The molecule has 0 amide bonds. The van der Waals surface area contributed by atoms with Crippen molar-refractivity contribution in [2.24, 2.45) is 5.84 Å². The van der Waals surface area contributed by atoms with E-state index in [0.717, 1.165) is 0 Å². The Bertz CT molecular complexity index is 591. The van der Waals surface area contributed by atoms with Crippen molar-refractivity contribution in [3.8, 4) is 17.8 Å². The summed E-state index contributed by atoms with van der Waals surface area (Å²) in [6.07, 6.45) is 0. The number of nitrogens with one attached hydrogen (secondary N) is 1. The van der Waals surface area contributed by atoms with E-state index in [1.807, 2.05) is 0 Å². The SMILES string of the molecule is CCOc1nc(NN)nc(Oc2cc(Cl)cc(Cl)c2)n1. The van der Waals surface area contributed by atoms with Crippen LogP contribution >= 0.6 is 23.2 Å². The standard InChI is InChI=1S/C11H11Cl2N5O2/c1-2-19-10-15-9(18-14)16-11(17-10)20-8-4-6(12)3-7(13)5-8/h3-5H,2,14H2,1H3,(H,15,16,17,18). The van der Waals surface area contributed by atoms with Crippen molar-refractivity contribution in [3.05, 3.63) is 28.2 Å². The number of halogens is 2. The maximum atomic E-state index is 5.88. The fourth-order valence-corrected chi connectivity index (χ4v) is 1.84. The van der Waals surface area contributed by atoms with Crippen LogP contribution in [0.15, 0.2) is 18.2 Å². The molecule has 0 radical (unpaired) electrons. The van der Waals surface area contributed by atoms with Crippen LogP contribution in [0.25, 0.3) is 0 Å². The summed E-state index contributed by atoms with van der Waals surface area (Å²) < 4.78 is 10.6. The third kappa shape index (κ3) is 3.83. The summed E-state index contributed by atoms with van der Waals surface area (Å²) in [7, 11) is 0.